The van der Waals surface area contributed by atoms with Gasteiger partial charge >= 0.3 is 5.97 Å². The van der Waals surface area contributed by atoms with E-state index in [0.29, 0.717) is 17.6 Å². The van der Waals surface area contributed by atoms with E-state index in [1.54, 1.807) is 6.20 Å². The van der Waals surface area contributed by atoms with Gasteiger partial charge in [-0.25, -0.2) is 9.97 Å². The zero-order valence-corrected chi connectivity index (χ0v) is 13.5. The topological polar surface area (TPSA) is 66.3 Å². The van der Waals surface area contributed by atoms with Crippen LogP contribution in [0.1, 0.15) is 32.3 Å². The third-order valence-electron chi connectivity index (χ3n) is 4.43. The van der Waals surface area contributed by atoms with Crippen molar-refractivity contribution in [2.45, 2.75) is 32.7 Å². The number of carbonyl (C=O) groups is 1. The van der Waals surface area contributed by atoms with Gasteiger partial charge in [0.25, 0.3) is 0 Å². The van der Waals surface area contributed by atoms with Crippen molar-refractivity contribution in [1.29, 1.82) is 0 Å². The number of hydrogen-bond donors (Lipinski definition) is 1. The fourth-order valence-corrected chi connectivity index (χ4v) is 3.14. The minimum atomic E-state index is -0.756. The molecule has 0 aromatic carbocycles. The van der Waals surface area contributed by atoms with Gasteiger partial charge in [0.2, 0.25) is 0 Å². The predicted molar refractivity (Wildman–Crippen MR) is 86.6 cm³/mol. The summed E-state index contributed by atoms with van der Waals surface area (Å²) >= 11 is 6.05. The molecule has 1 aliphatic heterocycles. The minimum absolute atomic E-state index is 0.0752. The highest BCUT2D eigenvalue weighted by Gasteiger charge is 2.41. The second kappa shape index (κ2) is 5.39. The lowest BCUT2D eigenvalue weighted by Crippen LogP contribution is -2.58. The average molecular weight is 320 g/mol. The summed E-state index contributed by atoms with van der Waals surface area (Å²) in [7, 11) is 0. The van der Waals surface area contributed by atoms with Crippen molar-refractivity contribution in [2.24, 2.45) is 5.92 Å². The van der Waals surface area contributed by atoms with Crippen LogP contribution in [0.15, 0.2) is 18.5 Å². The normalized spacial score (nSPS) is 21.2. The number of aromatic nitrogens is 2. The van der Waals surface area contributed by atoms with Crippen molar-refractivity contribution in [2.75, 3.05) is 11.4 Å². The van der Waals surface area contributed by atoms with Gasteiger partial charge in [0.15, 0.2) is 0 Å². The number of carboxylic acids is 1. The van der Waals surface area contributed by atoms with Crippen LogP contribution in [0.2, 0.25) is 5.15 Å². The van der Waals surface area contributed by atoms with Gasteiger partial charge in [-0.2, -0.15) is 0 Å². The number of carboxylic acid groups (broad SMARTS) is 1. The van der Waals surface area contributed by atoms with Crippen LogP contribution in [0.4, 0.5) is 5.82 Å². The van der Waals surface area contributed by atoms with E-state index in [2.05, 4.69) is 23.8 Å². The van der Waals surface area contributed by atoms with Gasteiger partial charge in [-0.15, -0.1) is 0 Å². The Morgan fingerprint density at radius 1 is 1.36 bits per heavy atom. The molecule has 1 aliphatic rings. The third kappa shape index (κ3) is 2.29. The second-order valence-corrected chi connectivity index (χ2v) is 6.47. The summed E-state index contributed by atoms with van der Waals surface area (Å²) in [5.74, 6) is 0.00609. The maximum Gasteiger partial charge on any atom is 0.310 e. The third-order valence-corrected chi connectivity index (χ3v) is 4.63. The van der Waals surface area contributed by atoms with Gasteiger partial charge in [0.05, 0.1) is 5.92 Å². The second-order valence-electron chi connectivity index (χ2n) is 6.08. The summed E-state index contributed by atoms with van der Waals surface area (Å²) < 4.78 is 0. The van der Waals surface area contributed by atoms with E-state index >= 15 is 0 Å². The molecular formula is C16H18ClN3O2. The van der Waals surface area contributed by atoms with E-state index in [1.165, 1.54) is 0 Å². The van der Waals surface area contributed by atoms with E-state index in [0.717, 1.165) is 22.2 Å². The Labute approximate surface area is 133 Å². The number of pyridine rings is 2. The maximum atomic E-state index is 11.1. The van der Waals surface area contributed by atoms with Crippen molar-refractivity contribution < 1.29 is 9.90 Å². The smallest absolute Gasteiger partial charge is 0.310 e. The number of rotatable bonds is 3. The Morgan fingerprint density at radius 3 is 2.68 bits per heavy atom. The summed E-state index contributed by atoms with van der Waals surface area (Å²) in [6, 6.07) is 1.78. The molecule has 1 N–H and O–H groups in total. The molecule has 1 fully saturated rings. The Morgan fingerprint density at radius 2 is 2.09 bits per heavy atom. The van der Waals surface area contributed by atoms with Crippen LogP contribution < -0.4 is 4.90 Å². The van der Waals surface area contributed by atoms with E-state index in [4.69, 9.17) is 16.7 Å². The standard InChI is InChI=1S/C16H18ClN3O2/c1-8(2)11-5-19-15(12-6-18-14(17)4-10(11)12)20-7-13(9(20)3)16(21)22/h4-6,8-9,13H,7H2,1-3H3,(H,21,22)/t9-,13+/m1/s1. The van der Waals surface area contributed by atoms with Crippen LogP contribution in [0.25, 0.3) is 10.8 Å². The number of hydrogen-bond acceptors (Lipinski definition) is 4. The first-order chi connectivity index (χ1) is 10.4. The molecule has 5 nitrogen and oxygen atoms in total. The number of nitrogens with zero attached hydrogens (tertiary/aromatic N) is 3. The van der Waals surface area contributed by atoms with E-state index in [9.17, 15) is 4.79 Å². The first-order valence-corrected chi connectivity index (χ1v) is 7.71. The number of halogens is 1. The lowest BCUT2D eigenvalue weighted by molar-refractivity contribution is -0.143. The number of fused-ring (bicyclic) bond motifs is 1. The molecule has 2 aromatic heterocycles. The van der Waals surface area contributed by atoms with Crippen molar-refractivity contribution in [3.63, 3.8) is 0 Å². The Hall–Kier alpha value is -1.88. The average Bonchev–Trinajstić information content (AvgIpc) is 2.44. The summed E-state index contributed by atoms with van der Waals surface area (Å²) in [5, 5.41) is 11.6. The van der Waals surface area contributed by atoms with Crippen LogP contribution in [0.5, 0.6) is 0 Å². The van der Waals surface area contributed by atoms with Gasteiger partial charge in [-0.05, 0) is 29.9 Å². The Bertz CT molecular complexity index is 747. The zero-order valence-electron chi connectivity index (χ0n) is 12.7. The monoisotopic (exact) mass is 319 g/mol. The molecule has 22 heavy (non-hydrogen) atoms. The summed E-state index contributed by atoms with van der Waals surface area (Å²) in [6.45, 7) is 6.60. The van der Waals surface area contributed by atoms with Crippen LogP contribution in [0, 0.1) is 5.92 Å². The number of anilines is 1. The molecule has 6 heteroatoms. The molecule has 2 aromatic rings. The lowest BCUT2D eigenvalue weighted by Gasteiger charge is -2.45. The largest absolute Gasteiger partial charge is 0.481 e. The van der Waals surface area contributed by atoms with Gasteiger partial charge in [0.1, 0.15) is 11.0 Å². The molecule has 0 amide bonds. The number of aliphatic carboxylic acids is 1. The van der Waals surface area contributed by atoms with Crippen LogP contribution in [0.3, 0.4) is 0 Å². The molecule has 0 radical (unpaired) electrons. The molecule has 3 heterocycles. The molecule has 1 saturated heterocycles. The lowest BCUT2D eigenvalue weighted by atomic mass is 9.89. The molecule has 0 saturated carbocycles. The minimum Gasteiger partial charge on any atom is -0.481 e. The predicted octanol–water partition coefficient (Wildman–Crippen LogP) is 3.32. The Balaban J connectivity index is 2.09. The Kier molecular flexibility index (Phi) is 3.68. The molecule has 0 bridgehead atoms. The molecule has 0 aliphatic carbocycles. The SMILES string of the molecule is CC(C)c1cnc(N2C[C@H](C(=O)O)[C@H]2C)c2cnc(Cl)cc12. The zero-order chi connectivity index (χ0) is 16.0. The fourth-order valence-electron chi connectivity index (χ4n) is 2.98. The van der Waals surface area contributed by atoms with Crippen LogP contribution >= 0.6 is 11.6 Å². The highest BCUT2D eigenvalue weighted by Crippen LogP contribution is 2.37. The summed E-state index contributed by atoms with van der Waals surface area (Å²) in [6.07, 6.45) is 3.59. The summed E-state index contributed by atoms with van der Waals surface area (Å²) in [4.78, 5) is 21.9. The van der Waals surface area contributed by atoms with E-state index < -0.39 is 5.97 Å². The highest BCUT2D eigenvalue weighted by molar-refractivity contribution is 6.30. The highest BCUT2D eigenvalue weighted by atomic mass is 35.5. The molecule has 0 unspecified atom stereocenters. The van der Waals surface area contributed by atoms with Crippen molar-refractivity contribution in [1.82, 2.24) is 9.97 Å². The maximum absolute atomic E-state index is 11.1. The van der Waals surface area contributed by atoms with E-state index in [-0.39, 0.29) is 12.0 Å². The van der Waals surface area contributed by atoms with Crippen molar-refractivity contribution in [3.8, 4) is 0 Å². The molecule has 3 rings (SSSR count). The van der Waals surface area contributed by atoms with Gasteiger partial charge < -0.3 is 10.0 Å². The van der Waals surface area contributed by atoms with Gasteiger partial charge in [-0.1, -0.05) is 25.4 Å². The van der Waals surface area contributed by atoms with Crippen molar-refractivity contribution >= 4 is 34.2 Å². The first kappa shape index (κ1) is 15.0. The van der Waals surface area contributed by atoms with Crippen molar-refractivity contribution in [3.05, 3.63) is 29.2 Å². The molecule has 0 spiro atoms. The fraction of sp³-hybridized carbons (Fsp3) is 0.438. The first-order valence-electron chi connectivity index (χ1n) is 7.33. The van der Waals surface area contributed by atoms with Crippen LogP contribution in [-0.4, -0.2) is 33.6 Å². The summed E-state index contributed by atoms with van der Waals surface area (Å²) in [5.41, 5.74) is 1.12. The molecular weight excluding hydrogens is 302 g/mol. The molecule has 116 valence electrons. The van der Waals surface area contributed by atoms with E-state index in [1.807, 2.05) is 24.1 Å². The molecule has 2 atom stereocenters. The van der Waals surface area contributed by atoms with Crippen LogP contribution in [-0.2, 0) is 4.79 Å². The van der Waals surface area contributed by atoms with Gasteiger partial charge in [-0.3, -0.25) is 4.79 Å². The van der Waals surface area contributed by atoms with Gasteiger partial charge in [0, 0.05) is 30.4 Å². The quantitative estimate of drug-likeness (QED) is 0.879.